The minimum atomic E-state index is -0.768. The normalized spacial score (nSPS) is 13.4. The number of aliphatic hydroxyl groups excluding tert-OH is 2. The Bertz CT molecular complexity index is 1230. The smallest absolute Gasteiger partial charge is 0.105 e. The average Bonchev–Trinajstić information content (AvgIpc) is 2.82. The fraction of sp³-hybridized carbons (Fsp3) is 0.133. The number of fused-ring (bicyclic) bond motifs is 2. The quantitative estimate of drug-likeness (QED) is 0.316. The molecule has 5 rings (SSSR count). The van der Waals surface area contributed by atoms with Crippen molar-refractivity contribution in [2.75, 3.05) is 0 Å². The highest BCUT2D eigenvalue weighted by molar-refractivity contribution is 6.07. The van der Waals surface area contributed by atoms with Crippen molar-refractivity contribution in [3.05, 3.63) is 130 Å². The monoisotopic (exact) mass is 418 g/mol. The summed E-state index contributed by atoms with van der Waals surface area (Å²) in [4.78, 5) is 0. The first-order chi connectivity index (χ1) is 15.5. The van der Waals surface area contributed by atoms with Crippen molar-refractivity contribution in [1.29, 1.82) is 0 Å². The van der Waals surface area contributed by atoms with Crippen molar-refractivity contribution >= 4 is 21.5 Å². The second kappa shape index (κ2) is 8.23. The maximum atomic E-state index is 11.5. The van der Waals surface area contributed by atoms with E-state index in [-0.39, 0.29) is 0 Å². The van der Waals surface area contributed by atoms with Gasteiger partial charge in [0.2, 0.25) is 0 Å². The summed E-state index contributed by atoms with van der Waals surface area (Å²) < 4.78 is 0. The molecule has 32 heavy (non-hydrogen) atoms. The maximum absolute atomic E-state index is 11.5. The molecule has 158 valence electrons. The predicted octanol–water partition coefficient (Wildman–Crippen LogP) is 6.77. The molecule has 0 aliphatic rings. The fourth-order valence-corrected chi connectivity index (χ4v) is 4.62. The number of rotatable bonds is 4. The topological polar surface area (TPSA) is 40.5 Å². The fourth-order valence-electron chi connectivity index (χ4n) is 4.62. The van der Waals surface area contributed by atoms with Gasteiger partial charge in [0.1, 0.15) is 12.2 Å². The van der Waals surface area contributed by atoms with E-state index in [4.69, 9.17) is 0 Å². The first kappa shape index (κ1) is 20.4. The van der Waals surface area contributed by atoms with Crippen LogP contribution in [0, 0.1) is 13.8 Å². The molecule has 0 saturated carbocycles. The molecule has 2 unspecified atom stereocenters. The van der Waals surface area contributed by atoms with Crippen LogP contribution in [0.4, 0.5) is 0 Å². The van der Waals surface area contributed by atoms with Crippen LogP contribution in [0.15, 0.2) is 97.1 Å². The zero-order valence-electron chi connectivity index (χ0n) is 18.3. The van der Waals surface area contributed by atoms with Crippen molar-refractivity contribution in [3.63, 3.8) is 0 Å². The van der Waals surface area contributed by atoms with Crippen LogP contribution in [0.25, 0.3) is 21.5 Å². The van der Waals surface area contributed by atoms with E-state index < -0.39 is 12.2 Å². The molecule has 2 heteroatoms. The van der Waals surface area contributed by atoms with E-state index in [9.17, 15) is 10.2 Å². The van der Waals surface area contributed by atoms with Crippen molar-refractivity contribution < 1.29 is 10.2 Å². The SMILES string of the molecule is Cc1ccc(C(O)c2c3ccccc3c(C(O)c3ccc(C)cc3)c3ccccc23)cc1. The molecule has 0 saturated heterocycles. The summed E-state index contributed by atoms with van der Waals surface area (Å²) >= 11 is 0. The lowest BCUT2D eigenvalue weighted by Crippen LogP contribution is -2.07. The van der Waals surface area contributed by atoms with Gasteiger partial charge < -0.3 is 10.2 Å². The average molecular weight is 419 g/mol. The molecular formula is C30H26O2. The highest BCUT2D eigenvalue weighted by atomic mass is 16.3. The summed E-state index contributed by atoms with van der Waals surface area (Å²) in [5, 5.41) is 26.8. The zero-order valence-corrected chi connectivity index (χ0v) is 18.3. The van der Waals surface area contributed by atoms with Crippen LogP contribution in [0.5, 0.6) is 0 Å². The molecular weight excluding hydrogens is 392 g/mol. The molecule has 2 atom stereocenters. The molecule has 0 amide bonds. The summed E-state index contributed by atoms with van der Waals surface area (Å²) in [7, 11) is 0. The van der Waals surface area contributed by atoms with Gasteiger partial charge in [-0.2, -0.15) is 0 Å². The van der Waals surface area contributed by atoms with Gasteiger partial charge in [0.25, 0.3) is 0 Å². The first-order valence-corrected chi connectivity index (χ1v) is 11.0. The molecule has 0 fully saturated rings. The lowest BCUT2D eigenvalue weighted by atomic mass is 9.84. The maximum Gasteiger partial charge on any atom is 0.105 e. The number of hydrogen-bond acceptors (Lipinski definition) is 2. The van der Waals surface area contributed by atoms with Crippen LogP contribution in [0.3, 0.4) is 0 Å². The van der Waals surface area contributed by atoms with Gasteiger partial charge in [-0.05, 0) is 46.5 Å². The predicted molar refractivity (Wildman–Crippen MR) is 132 cm³/mol. The molecule has 5 aromatic rings. The molecule has 0 aliphatic heterocycles. The third-order valence-electron chi connectivity index (χ3n) is 6.35. The number of benzene rings is 5. The van der Waals surface area contributed by atoms with E-state index in [2.05, 4.69) is 0 Å². The number of aryl methyl sites for hydroxylation is 2. The third kappa shape index (κ3) is 3.48. The first-order valence-electron chi connectivity index (χ1n) is 11.0. The Morgan fingerprint density at radius 3 is 1.00 bits per heavy atom. The summed E-state index contributed by atoms with van der Waals surface area (Å²) in [6.07, 6.45) is -1.54. The van der Waals surface area contributed by atoms with Crippen molar-refractivity contribution in [3.8, 4) is 0 Å². The van der Waals surface area contributed by atoms with E-state index >= 15 is 0 Å². The van der Waals surface area contributed by atoms with Crippen LogP contribution >= 0.6 is 0 Å². The van der Waals surface area contributed by atoms with Gasteiger partial charge in [0.05, 0.1) is 0 Å². The summed E-state index contributed by atoms with van der Waals surface area (Å²) in [6, 6.07) is 32.2. The van der Waals surface area contributed by atoms with Crippen molar-refractivity contribution in [1.82, 2.24) is 0 Å². The number of hydrogen-bond donors (Lipinski definition) is 2. The Labute approximate surface area is 188 Å². The standard InChI is InChI=1S/C30H26O2/c1-19-11-15-21(16-12-19)29(31)27-23-7-3-5-9-25(23)28(26-10-6-4-8-24(26)27)30(32)22-17-13-20(2)14-18-22/h3-18,29-32H,1-2H3. The van der Waals surface area contributed by atoms with E-state index in [0.717, 1.165) is 54.9 Å². The van der Waals surface area contributed by atoms with Gasteiger partial charge in [-0.25, -0.2) is 0 Å². The van der Waals surface area contributed by atoms with Crippen LogP contribution in [0.1, 0.15) is 45.6 Å². The molecule has 0 bridgehead atoms. The van der Waals surface area contributed by atoms with Crippen LogP contribution in [-0.4, -0.2) is 10.2 Å². The Hall–Kier alpha value is -3.46. The molecule has 2 nitrogen and oxygen atoms in total. The van der Waals surface area contributed by atoms with Crippen LogP contribution in [0.2, 0.25) is 0 Å². The lowest BCUT2D eigenvalue weighted by Gasteiger charge is -2.23. The molecule has 0 heterocycles. The van der Waals surface area contributed by atoms with Crippen molar-refractivity contribution in [2.45, 2.75) is 26.1 Å². The molecule has 5 aromatic carbocycles. The van der Waals surface area contributed by atoms with E-state index in [0.29, 0.717) is 0 Å². The molecule has 0 aromatic heterocycles. The summed E-state index contributed by atoms with van der Waals surface area (Å²) in [5.41, 5.74) is 5.79. The van der Waals surface area contributed by atoms with Gasteiger partial charge in [-0.15, -0.1) is 0 Å². The highest BCUT2D eigenvalue weighted by Gasteiger charge is 2.23. The van der Waals surface area contributed by atoms with Gasteiger partial charge in [0, 0.05) is 11.1 Å². The second-order valence-corrected chi connectivity index (χ2v) is 8.54. The minimum absolute atomic E-state index is 0.768. The van der Waals surface area contributed by atoms with Gasteiger partial charge in [-0.1, -0.05) is 108 Å². The second-order valence-electron chi connectivity index (χ2n) is 8.54. The Balaban J connectivity index is 1.81. The Kier molecular flexibility index (Phi) is 5.26. The molecule has 0 aliphatic carbocycles. The summed E-state index contributed by atoms with van der Waals surface area (Å²) in [5.74, 6) is 0. The minimum Gasteiger partial charge on any atom is -0.384 e. The summed E-state index contributed by atoms with van der Waals surface area (Å²) in [6.45, 7) is 4.09. The van der Waals surface area contributed by atoms with Gasteiger partial charge in [0.15, 0.2) is 0 Å². The lowest BCUT2D eigenvalue weighted by molar-refractivity contribution is 0.221. The van der Waals surface area contributed by atoms with E-state index in [1.165, 1.54) is 0 Å². The Morgan fingerprint density at radius 1 is 0.438 bits per heavy atom. The third-order valence-corrected chi connectivity index (χ3v) is 6.35. The van der Waals surface area contributed by atoms with E-state index in [1.54, 1.807) is 0 Å². The molecule has 0 spiro atoms. The largest absolute Gasteiger partial charge is 0.384 e. The van der Waals surface area contributed by atoms with Crippen molar-refractivity contribution in [2.24, 2.45) is 0 Å². The van der Waals surface area contributed by atoms with Crippen LogP contribution < -0.4 is 0 Å². The Morgan fingerprint density at radius 2 is 0.719 bits per heavy atom. The number of aliphatic hydroxyl groups is 2. The molecule has 0 radical (unpaired) electrons. The highest BCUT2D eigenvalue weighted by Crippen LogP contribution is 2.42. The molecule has 2 N–H and O–H groups in total. The van der Waals surface area contributed by atoms with E-state index in [1.807, 2.05) is 111 Å². The van der Waals surface area contributed by atoms with Gasteiger partial charge >= 0.3 is 0 Å². The van der Waals surface area contributed by atoms with Crippen LogP contribution in [-0.2, 0) is 0 Å². The zero-order chi connectivity index (χ0) is 22.2. The van der Waals surface area contributed by atoms with Gasteiger partial charge in [-0.3, -0.25) is 0 Å².